The highest BCUT2D eigenvalue weighted by molar-refractivity contribution is 7.91. The maximum absolute atomic E-state index is 12.5. The highest BCUT2D eigenvalue weighted by Crippen LogP contribution is 2.28. The Balaban J connectivity index is 2.11. The Morgan fingerprint density at radius 3 is 2.85 bits per heavy atom. The van der Waals surface area contributed by atoms with Crippen LogP contribution in [-0.2, 0) is 21.4 Å². The zero-order valence-electron chi connectivity index (χ0n) is 11.8. The number of hydrogen-bond donors (Lipinski definition) is 1. The van der Waals surface area contributed by atoms with Gasteiger partial charge in [0.05, 0.1) is 13.2 Å². The Morgan fingerprint density at radius 2 is 2.30 bits per heavy atom. The molecule has 0 aliphatic carbocycles. The molecule has 1 aromatic rings. The first kappa shape index (κ1) is 15.9. The van der Waals surface area contributed by atoms with Gasteiger partial charge in [0, 0.05) is 25.1 Å². The van der Waals surface area contributed by atoms with E-state index in [1.165, 1.54) is 4.31 Å². The molecular formula is C13H21NO4S2. The zero-order valence-corrected chi connectivity index (χ0v) is 13.5. The molecule has 0 aromatic carbocycles. The van der Waals surface area contributed by atoms with E-state index in [4.69, 9.17) is 4.74 Å². The van der Waals surface area contributed by atoms with E-state index < -0.39 is 10.0 Å². The van der Waals surface area contributed by atoms with E-state index in [1.807, 2.05) is 6.92 Å². The van der Waals surface area contributed by atoms with Gasteiger partial charge in [-0.15, -0.1) is 11.3 Å². The molecule has 7 heteroatoms. The van der Waals surface area contributed by atoms with Crippen molar-refractivity contribution < 1.29 is 18.3 Å². The average molecular weight is 319 g/mol. The monoisotopic (exact) mass is 319 g/mol. The highest BCUT2D eigenvalue weighted by atomic mass is 32.2. The Morgan fingerprint density at radius 1 is 1.55 bits per heavy atom. The van der Waals surface area contributed by atoms with Gasteiger partial charge in [0.25, 0.3) is 10.0 Å². The molecule has 1 saturated heterocycles. The van der Waals surface area contributed by atoms with E-state index in [2.05, 4.69) is 0 Å². The van der Waals surface area contributed by atoms with E-state index in [9.17, 15) is 13.5 Å². The third-order valence-corrected chi connectivity index (χ3v) is 7.07. The summed E-state index contributed by atoms with van der Waals surface area (Å²) in [6.07, 6.45) is 2.00. The molecule has 20 heavy (non-hydrogen) atoms. The summed E-state index contributed by atoms with van der Waals surface area (Å²) in [5.74, 6) is 0.266. The summed E-state index contributed by atoms with van der Waals surface area (Å²) in [5.41, 5.74) is 0.825. The van der Waals surface area contributed by atoms with E-state index in [0.29, 0.717) is 22.2 Å². The second-order valence-corrected chi connectivity index (χ2v) is 8.61. The lowest BCUT2D eigenvalue weighted by atomic mass is 10.0. The maximum atomic E-state index is 12.5. The lowest BCUT2D eigenvalue weighted by molar-refractivity contribution is 0.0495. The summed E-state index contributed by atoms with van der Waals surface area (Å²) in [4.78, 5) is 0.706. The minimum Gasteiger partial charge on any atom is -0.391 e. The standard InChI is InChI=1S/C13H21NO4S2/c1-10-6-13(19-12(10)8-15)20(16,17)14(2)7-11-4-3-5-18-9-11/h6,11,15H,3-5,7-9H2,1-2H3. The van der Waals surface area contributed by atoms with Crippen molar-refractivity contribution in [3.8, 4) is 0 Å². The van der Waals surface area contributed by atoms with Crippen molar-refractivity contribution in [1.82, 2.24) is 4.31 Å². The van der Waals surface area contributed by atoms with Crippen LogP contribution in [0.2, 0.25) is 0 Å². The van der Waals surface area contributed by atoms with Crippen molar-refractivity contribution in [3.63, 3.8) is 0 Å². The summed E-state index contributed by atoms with van der Waals surface area (Å²) in [6, 6.07) is 1.64. The summed E-state index contributed by atoms with van der Waals surface area (Å²) < 4.78 is 32.1. The van der Waals surface area contributed by atoms with Crippen molar-refractivity contribution in [2.45, 2.75) is 30.6 Å². The van der Waals surface area contributed by atoms with Crippen LogP contribution in [0, 0.1) is 12.8 Å². The summed E-state index contributed by atoms with van der Waals surface area (Å²) in [6.45, 7) is 3.58. The van der Waals surface area contributed by atoms with Crippen LogP contribution in [-0.4, -0.2) is 44.6 Å². The molecule has 1 atom stereocenters. The number of aryl methyl sites for hydroxylation is 1. The Hall–Kier alpha value is -0.470. The SMILES string of the molecule is Cc1cc(S(=O)(=O)N(C)CC2CCCOC2)sc1CO. The lowest BCUT2D eigenvalue weighted by Gasteiger charge is -2.26. The minimum atomic E-state index is -3.46. The first-order chi connectivity index (χ1) is 9.45. The molecule has 0 radical (unpaired) electrons. The molecule has 1 aliphatic heterocycles. The van der Waals surface area contributed by atoms with E-state index >= 15 is 0 Å². The molecule has 0 spiro atoms. The molecule has 2 heterocycles. The van der Waals surface area contributed by atoms with Crippen LogP contribution >= 0.6 is 11.3 Å². The van der Waals surface area contributed by atoms with Crippen molar-refractivity contribution in [3.05, 3.63) is 16.5 Å². The number of aliphatic hydroxyl groups excluding tert-OH is 1. The zero-order chi connectivity index (χ0) is 14.8. The topological polar surface area (TPSA) is 66.8 Å². The molecular weight excluding hydrogens is 298 g/mol. The molecule has 2 rings (SSSR count). The smallest absolute Gasteiger partial charge is 0.252 e. The van der Waals surface area contributed by atoms with Crippen molar-refractivity contribution in [2.75, 3.05) is 26.8 Å². The Kier molecular flexibility index (Phi) is 5.19. The predicted octanol–water partition coefficient (Wildman–Crippen LogP) is 1.60. The third-order valence-electron chi connectivity index (χ3n) is 3.58. The molecule has 0 saturated carbocycles. The summed E-state index contributed by atoms with van der Waals surface area (Å²) in [5, 5.41) is 9.18. The van der Waals surface area contributed by atoms with Crippen LogP contribution in [0.15, 0.2) is 10.3 Å². The molecule has 1 N–H and O–H groups in total. The molecule has 0 amide bonds. The van der Waals surface area contributed by atoms with Gasteiger partial charge >= 0.3 is 0 Å². The molecule has 5 nitrogen and oxygen atoms in total. The second-order valence-electron chi connectivity index (χ2n) is 5.20. The first-order valence-electron chi connectivity index (χ1n) is 6.69. The van der Waals surface area contributed by atoms with Crippen LogP contribution in [0.5, 0.6) is 0 Å². The van der Waals surface area contributed by atoms with Gasteiger partial charge in [-0.3, -0.25) is 0 Å². The first-order valence-corrected chi connectivity index (χ1v) is 8.95. The van der Waals surface area contributed by atoms with Gasteiger partial charge in [0.2, 0.25) is 0 Å². The molecule has 1 aromatic heterocycles. The van der Waals surface area contributed by atoms with Crippen molar-refractivity contribution >= 4 is 21.4 Å². The van der Waals surface area contributed by atoms with Gasteiger partial charge in [0.15, 0.2) is 0 Å². The number of hydrogen-bond acceptors (Lipinski definition) is 5. The third kappa shape index (κ3) is 3.40. The van der Waals surface area contributed by atoms with E-state index in [0.717, 1.165) is 36.3 Å². The second kappa shape index (κ2) is 6.53. The number of thiophene rings is 1. The summed E-state index contributed by atoms with van der Waals surface area (Å²) in [7, 11) is -1.86. The Bertz CT molecular complexity index is 547. The quantitative estimate of drug-likeness (QED) is 0.895. The molecule has 1 unspecified atom stereocenters. The highest BCUT2D eigenvalue weighted by Gasteiger charge is 2.27. The fourth-order valence-corrected chi connectivity index (χ4v) is 5.25. The van der Waals surface area contributed by atoms with Crippen molar-refractivity contribution in [1.29, 1.82) is 0 Å². The fraction of sp³-hybridized carbons (Fsp3) is 0.692. The number of sulfonamides is 1. The van der Waals surface area contributed by atoms with Crippen LogP contribution < -0.4 is 0 Å². The number of rotatable bonds is 5. The molecule has 0 bridgehead atoms. The molecule has 114 valence electrons. The van der Waals surface area contributed by atoms with Gasteiger partial charge in [0.1, 0.15) is 4.21 Å². The van der Waals surface area contributed by atoms with Crippen LogP contribution in [0.3, 0.4) is 0 Å². The maximum Gasteiger partial charge on any atom is 0.252 e. The van der Waals surface area contributed by atoms with Gasteiger partial charge in [-0.25, -0.2) is 8.42 Å². The van der Waals surface area contributed by atoms with E-state index in [-0.39, 0.29) is 12.5 Å². The minimum absolute atomic E-state index is 0.119. The van der Waals surface area contributed by atoms with Crippen LogP contribution in [0.1, 0.15) is 23.3 Å². The van der Waals surface area contributed by atoms with Crippen LogP contribution in [0.25, 0.3) is 0 Å². The predicted molar refractivity (Wildman–Crippen MR) is 78.3 cm³/mol. The van der Waals surface area contributed by atoms with Gasteiger partial charge in [-0.2, -0.15) is 4.31 Å². The largest absolute Gasteiger partial charge is 0.391 e. The van der Waals surface area contributed by atoms with Gasteiger partial charge in [-0.1, -0.05) is 0 Å². The summed E-state index contributed by atoms with van der Waals surface area (Å²) >= 11 is 1.15. The van der Waals surface area contributed by atoms with Gasteiger partial charge < -0.3 is 9.84 Å². The Labute approximate surface area is 124 Å². The number of aliphatic hydroxyl groups is 1. The van der Waals surface area contributed by atoms with Gasteiger partial charge in [-0.05, 0) is 37.3 Å². The normalized spacial score (nSPS) is 20.5. The molecule has 1 fully saturated rings. The molecule has 1 aliphatic rings. The number of ether oxygens (including phenoxy) is 1. The van der Waals surface area contributed by atoms with Crippen LogP contribution in [0.4, 0.5) is 0 Å². The van der Waals surface area contributed by atoms with Crippen molar-refractivity contribution in [2.24, 2.45) is 5.92 Å². The fourth-order valence-electron chi connectivity index (χ4n) is 2.34. The van der Waals surface area contributed by atoms with E-state index in [1.54, 1.807) is 13.1 Å². The average Bonchev–Trinajstić information content (AvgIpc) is 2.81. The lowest BCUT2D eigenvalue weighted by Crippen LogP contribution is -2.34. The number of nitrogens with zero attached hydrogens (tertiary/aromatic N) is 1.